The Hall–Kier alpha value is -0.570. The quantitative estimate of drug-likeness (QED) is 0.789. The van der Waals surface area contributed by atoms with E-state index in [9.17, 15) is 4.79 Å². The van der Waals surface area contributed by atoms with Crippen LogP contribution in [0.15, 0.2) is 0 Å². The largest absolute Gasteiger partial charge is 0.354 e. The molecule has 2 rings (SSSR count). The van der Waals surface area contributed by atoms with Crippen molar-refractivity contribution in [2.24, 2.45) is 11.3 Å². The minimum Gasteiger partial charge on any atom is -0.354 e. The number of piperidine rings is 1. The van der Waals surface area contributed by atoms with E-state index in [1.807, 2.05) is 0 Å². The van der Waals surface area contributed by atoms with E-state index in [1.165, 1.54) is 38.5 Å². The molecular formula is C15H28N2O. The summed E-state index contributed by atoms with van der Waals surface area (Å²) in [6.45, 7) is 6.45. The lowest BCUT2D eigenvalue weighted by Crippen LogP contribution is -2.50. The fourth-order valence-corrected chi connectivity index (χ4v) is 3.47. The first-order valence-corrected chi connectivity index (χ1v) is 7.62. The molecule has 0 aromatic heterocycles. The van der Waals surface area contributed by atoms with Gasteiger partial charge in [0.25, 0.3) is 0 Å². The number of amides is 1. The van der Waals surface area contributed by atoms with Crippen LogP contribution in [0.25, 0.3) is 0 Å². The second-order valence-corrected chi connectivity index (χ2v) is 6.67. The lowest BCUT2D eigenvalue weighted by atomic mass is 9.64. The first kappa shape index (κ1) is 13.9. The third-order valence-electron chi connectivity index (χ3n) is 4.52. The lowest BCUT2D eigenvalue weighted by Gasteiger charge is -2.43. The predicted molar refractivity (Wildman–Crippen MR) is 74.4 cm³/mol. The third-order valence-corrected chi connectivity index (χ3v) is 4.52. The molecule has 1 heterocycles. The Morgan fingerprint density at radius 1 is 1.33 bits per heavy atom. The first-order chi connectivity index (χ1) is 8.61. The van der Waals surface area contributed by atoms with Gasteiger partial charge in [-0.3, -0.25) is 4.79 Å². The molecule has 1 aliphatic heterocycles. The topological polar surface area (TPSA) is 41.1 Å². The van der Waals surface area contributed by atoms with Gasteiger partial charge < -0.3 is 10.6 Å². The van der Waals surface area contributed by atoms with Crippen molar-refractivity contribution in [3.8, 4) is 0 Å². The Labute approximate surface area is 111 Å². The van der Waals surface area contributed by atoms with Crippen LogP contribution in [-0.2, 0) is 4.79 Å². The molecule has 1 saturated heterocycles. The molecule has 0 aromatic carbocycles. The summed E-state index contributed by atoms with van der Waals surface area (Å²) in [6.07, 6.45) is 8.58. The van der Waals surface area contributed by atoms with Crippen LogP contribution >= 0.6 is 0 Å². The number of nitrogens with one attached hydrogen (secondary N) is 2. The number of carbonyl (C=O) groups is 1. The Morgan fingerprint density at radius 2 is 2.11 bits per heavy atom. The molecule has 0 aromatic rings. The molecule has 1 amide bonds. The highest BCUT2D eigenvalue weighted by Gasteiger charge is 2.37. The average Bonchev–Trinajstić information content (AvgIpc) is 2.32. The molecule has 0 radical (unpaired) electrons. The predicted octanol–water partition coefficient (Wildman–Crippen LogP) is 2.46. The normalized spacial score (nSPS) is 26.7. The summed E-state index contributed by atoms with van der Waals surface area (Å²) in [4.78, 5) is 12.1. The first-order valence-electron chi connectivity index (χ1n) is 7.62. The van der Waals surface area contributed by atoms with E-state index >= 15 is 0 Å². The van der Waals surface area contributed by atoms with E-state index in [0.29, 0.717) is 5.41 Å². The zero-order valence-electron chi connectivity index (χ0n) is 11.9. The van der Waals surface area contributed by atoms with Gasteiger partial charge in [-0.15, -0.1) is 0 Å². The number of hydrogen-bond donors (Lipinski definition) is 2. The van der Waals surface area contributed by atoms with E-state index in [-0.39, 0.29) is 11.9 Å². The molecule has 1 atom stereocenters. The molecule has 0 bridgehead atoms. The average molecular weight is 252 g/mol. The van der Waals surface area contributed by atoms with E-state index in [4.69, 9.17) is 0 Å². The second kappa shape index (κ2) is 6.05. The summed E-state index contributed by atoms with van der Waals surface area (Å²) < 4.78 is 0. The fourth-order valence-electron chi connectivity index (χ4n) is 3.47. The van der Waals surface area contributed by atoms with Crippen molar-refractivity contribution in [3.63, 3.8) is 0 Å². The zero-order chi connectivity index (χ0) is 13.0. The maximum Gasteiger partial charge on any atom is 0.237 e. The summed E-state index contributed by atoms with van der Waals surface area (Å²) in [6, 6.07) is 0.0647. The van der Waals surface area contributed by atoms with Crippen molar-refractivity contribution in [2.45, 2.75) is 64.8 Å². The number of carbonyl (C=O) groups excluding carboxylic acids is 1. The van der Waals surface area contributed by atoms with E-state index < -0.39 is 0 Å². The second-order valence-electron chi connectivity index (χ2n) is 6.67. The summed E-state index contributed by atoms with van der Waals surface area (Å²) in [5.41, 5.74) is 0.415. The van der Waals surface area contributed by atoms with Crippen molar-refractivity contribution < 1.29 is 4.79 Å². The van der Waals surface area contributed by atoms with Crippen molar-refractivity contribution in [1.29, 1.82) is 0 Å². The van der Waals surface area contributed by atoms with Crippen LogP contribution in [0.5, 0.6) is 0 Å². The summed E-state index contributed by atoms with van der Waals surface area (Å²) in [7, 11) is 0. The standard InChI is InChI=1S/C15H28N2O/c1-12(2)10-15(7-5-8-15)11-17-14(18)13-6-3-4-9-16-13/h12-13,16H,3-11H2,1-2H3,(H,17,18). The molecule has 0 spiro atoms. The van der Waals surface area contributed by atoms with Crippen LogP contribution in [0.4, 0.5) is 0 Å². The van der Waals surface area contributed by atoms with Crippen molar-refractivity contribution in [1.82, 2.24) is 10.6 Å². The molecule has 2 fully saturated rings. The van der Waals surface area contributed by atoms with Crippen molar-refractivity contribution in [2.75, 3.05) is 13.1 Å². The summed E-state index contributed by atoms with van der Waals surface area (Å²) in [5.74, 6) is 0.958. The van der Waals surface area contributed by atoms with Gasteiger partial charge in [-0.2, -0.15) is 0 Å². The van der Waals surface area contributed by atoms with Crippen LogP contribution < -0.4 is 10.6 Å². The maximum atomic E-state index is 12.1. The fraction of sp³-hybridized carbons (Fsp3) is 0.933. The van der Waals surface area contributed by atoms with Gasteiger partial charge in [0.05, 0.1) is 6.04 Å². The highest BCUT2D eigenvalue weighted by molar-refractivity contribution is 5.81. The highest BCUT2D eigenvalue weighted by atomic mass is 16.2. The molecule has 3 heteroatoms. The molecule has 104 valence electrons. The van der Waals surface area contributed by atoms with Crippen LogP contribution in [0.3, 0.4) is 0 Å². The van der Waals surface area contributed by atoms with Crippen molar-refractivity contribution in [3.05, 3.63) is 0 Å². The van der Waals surface area contributed by atoms with Crippen LogP contribution in [0, 0.1) is 11.3 Å². The van der Waals surface area contributed by atoms with Gasteiger partial charge in [-0.1, -0.05) is 26.7 Å². The molecular weight excluding hydrogens is 224 g/mol. The van der Waals surface area contributed by atoms with Gasteiger partial charge in [0.2, 0.25) is 5.91 Å². The van der Waals surface area contributed by atoms with E-state index in [2.05, 4.69) is 24.5 Å². The van der Waals surface area contributed by atoms with Gasteiger partial charge >= 0.3 is 0 Å². The molecule has 1 unspecified atom stereocenters. The van der Waals surface area contributed by atoms with Gasteiger partial charge in [0.15, 0.2) is 0 Å². The Kier molecular flexibility index (Phi) is 4.66. The van der Waals surface area contributed by atoms with Gasteiger partial charge in [-0.25, -0.2) is 0 Å². The number of rotatable bonds is 5. The van der Waals surface area contributed by atoms with Gasteiger partial charge in [0, 0.05) is 6.54 Å². The maximum absolute atomic E-state index is 12.1. The SMILES string of the molecule is CC(C)CC1(CNC(=O)C2CCCCN2)CCC1. The Balaban J connectivity index is 1.77. The Morgan fingerprint density at radius 3 is 2.61 bits per heavy atom. The van der Waals surface area contributed by atoms with E-state index in [0.717, 1.165) is 25.4 Å². The third kappa shape index (κ3) is 3.47. The zero-order valence-corrected chi connectivity index (χ0v) is 11.9. The van der Waals surface area contributed by atoms with Crippen molar-refractivity contribution >= 4 is 5.91 Å². The van der Waals surface area contributed by atoms with E-state index in [1.54, 1.807) is 0 Å². The smallest absolute Gasteiger partial charge is 0.237 e. The molecule has 2 aliphatic rings. The monoisotopic (exact) mass is 252 g/mol. The highest BCUT2D eigenvalue weighted by Crippen LogP contribution is 2.45. The van der Waals surface area contributed by atoms with Crippen LogP contribution in [-0.4, -0.2) is 25.0 Å². The molecule has 2 N–H and O–H groups in total. The molecule has 1 aliphatic carbocycles. The molecule has 1 saturated carbocycles. The van der Waals surface area contributed by atoms with Gasteiger partial charge in [-0.05, 0) is 50.0 Å². The minimum absolute atomic E-state index is 0.0647. The van der Waals surface area contributed by atoms with Gasteiger partial charge in [0.1, 0.15) is 0 Å². The summed E-state index contributed by atoms with van der Waals surface area (Å²) >= 11 is 0. The minimum atomic E-state index is 0.0647. The van der Waals surface area contributed by atoms with Crippen LogP contribution in [0.1, 0.15) is 58.8 Å². The summed E-state index contributed by atoms with van der Waals surface area (Å²) in [5, 5.41) is 6.52. The molecule has 3 nitrogen and oxygen atoms in total. The lowest BCUT2D eigenvalue weighted by molar-refractivity contribution is -0.124. The molecule has 18 heavy (non-hydrogen) atoms. The number of hydrogen-bond acceptors (Lipinski definition) is 2. The Bertz CT molecular complexity index is 278. The van der Waals surface area contributed by atoms with Crippen LogP contribution in [0.2, 0.25) is 0 Å².